The fraction of sp³-hybridized carbons (Fsp3) is 0.692. The number of aromatic nitrogens is 2. The molecule has 1 N–H and O–H groups in total. The summed E-state index contributed by atoms with van der Waals surface area (Å²) in [6, 6.07) is 0.461. The molecule has 0 aliphatic rings. The lowest BCUT2D eigenvalue weighted by molar-refractivity contribution is 0.577. The zero-order valence-electron chi connectivity index (χ0n) is 11.8. The molecule has 0 radical (unpaired) electrons. The summed E-state index contributed by atoms with van der Waals surface area (Å²) < 4.78 is 0. The van der Waals surface area contributed by atoms with Crippen LogP contribution in [0.15, 0.2) is 6.20 Å². The maximum absolute atomic E-state index is 4.65. The number of hydrogen-bond donors (Lipinski definition) is 1. The predicted octanol–water partition coefficient (Wildman–Crippen LogP) is 2.16. The monoisotopic (exact) mass is 236 g/mol. The summed E-state index contributed by atoms with van der Waals surface area (Å²) >= 11 is 0. The fourth-order valence-electron chi connectivity index (χ4n) is 1.51. The Labute approximate surface area is 104 Å². The average molecular weight is 236 g/mol. The molecule has 1 rings (SSSR count). The summed E-state index contributed by atoms with van der Waals surface area (Å²) in [4.78, 5) is 11.1. The lowest BCUT2D eigenvalue weighted by Gasteiger charge is -2.18. The summed E-state index contributed by atoms with van der Waals surface area (Å²) in [7, 11) is 4.04. The van der Waals surface area contributed by atoms with Gasteiger partial charge in [0.25, 0.3) is 0 Å². The number of hydrogen-bond acceptors (Lipinski definition) is 4. The van der Waals surface area contributed by atoms with Crippen molar-refractivity contribution in [2.45, 2.75) is 46.2 Å². The van der Waals surface area contributed by atoms with E-state index in [2.05, 4.69) is 47.9 Å². The highest BCUT2D eigenvalue weighted by Crippen LogP contribution is 2.18. The SMILES string of the molecule is CC(C)NCc1nc(C(C)C)ncc1N(C)C. The van der Waals surface area contributed by atoms with Crippen LogP contribution in [0.5, 0.6) is 0 Å². The van der Waals surface area contributed by atoms with E-state index in [1.165, 1.54) is 0 Å². The van der Waals surface area contributed by atoms with Crippen molar-refractivity contribution in [3.8, 4) is 0 Å². The molecule has 1 aromatic heterocycles. The lowest BCUT2D eigenvalue weighted by Crippen LogP contribution is -2.25. The van der Waals surface area contributed by atoms with Crippen LogP contribution < -0.4 is 10.2 Å². The van der Waals surface area contributed by atoms with Crippen LogP contribution in [0.2, 0.25) is 0 Å². The highest BCUT2D eigenvalue weighted by molar-refractivity contribution is 5.47. The van der Waals surface area contributed by atoms with E-state index in [-0.39, 0.29) is 0 Å². The Morgan fingerprint density at radius 1 is 1.24 bits per heavy atom. The van der Waals surface area contributed by atoms with E-state index in [4.69, 9.17) is 0 Å². The molecule has 0 spiro atoms. The van der Waals surface area contributed by atoms with Crippen LogP contribution in [-0.4, -0.2) is 30.1 Å². The van der Waals surface area contributed by atoms with Crippen molar-refractivity contribution in [1.82, 2.24) is 15.3 Å². The van der Waals surface area contributed by atoms with E-state index in [9.17, 15) is 0 Å². The molecule has 0 atom stereocenters. The number of rotatable bonds is 5. The molecule has 0 aromatic carbocycles. The van der Waals surface area contributed by atoms with Gasteiger partial charge in [-0.1, -0.05) is 27.7 Å². The van der Waals surface area contributed by atoms with Gasteiger partial charge in [0.1, 0.15) is 5.82 Å². The minimum absolute atomic E-state index is 0.365. The molecule has 0 bridgehead atoms. The van der Waals surface area contributed by atoms with Gasteiger partial charge in [-0.3, -0.25) is 0 Å². The van der Waals surface area contributed by atoms with Crippen molar-refractivity contribution in [2.75, 3.05) is 19.0 Å². The molecule has 0 saturated carbocycles. The van der Waals surface area contributed by atoms with Crippen LogP contribution in [-0.2, 0) is 6.54 Å². The molecule has 0 saturated heterocycles. The maximum atomic E-state index is 4.65. The summed E-state index contributed by atoms with van der Waals surface area (Å²) in [6.45, 7) is 9.29. The van der Waals surface area contributed by atoms with Gasteiger partial charge in [0.05, 0.1) is 17.6 Å². The van der Waals surface area contributed by atoms with E-state index in [1.54, 1.807) is 0 Å². The summed E-state index contributed by atoms with van der Waals surface area (Å²) in [5.41, 5.74) is 2.16. The first-order chi connectivity index (χ1) is 7.91. The van der Waals surface area contributed by atoms with Crippen LogP contribution in [0.4, 0.5) is 5.69 Å². The Morgan fingerprint density at radius 3 is 2.35 bits per heavy atom. The maximum Gasteiger partial charge on any atom is 0.131 e. The third-order valence-electron chi connectivity index (χ3n) is 2.54. The standard InChI is InChI=1S/C13H24N4/c1-9(2)13-15-8-12(17(5)6)11(16-13)7-14-10(3)4/h8-10,14H,7H2,1-6H3. The molecule has 0 amide bonds. The molecule has 4 nitrogen and oxygen atoms in total. The summed E-state index contributed by atoms with van der Waals surface area (Å²) in [6.07, 6.45) is 1.92. The molecule has 4 heteroatoms. The second kappa shape index (κ2) is 5.96. The van der Waals surface area contributed by atoms with Crippen molar-refractivity contribution >= 4 is 5.69 Å². The third kappa shape index (κ3) is 3.97. The first-order valence-corrected chi connectivity index (χ1v) is 6.18. The van der Waals surface area contributed by atoms with E-state index >= 15 is 0 Å². The Kier molecular flexibility index (Phi) is 4.87. The molecule has 0 unspecified atom stereocenters. The van der Waals surface area contributed by atoms with Crippen LogP contribution in [0.3, 0.4) is 0 Å². The zero-order valence-corrected chi connectivity index (χ0v) is 11.8. The molecule has 1 aromatic rings. The highest BCUT2D eigenvalue weighted by atomic mass is 15.1. The van der Waals surface area contributed by atoms with Gasteiger partial charge in [-0.2, -0.15) is 0 Å². The first kappa shape index (κ1) is 13.9. The Morgan fingerprint density at radius 2 is 1.88 bits per heavy atom. The molecule has 1 heterocycles. The Balaban J connectivity index is 2.98. The smallest absolute Gasteiger partial charge is 0.131 e. The average Bonchev–Trinajstić information content (AvgIpc) is 2.25. The minimum Gasteiger partial charge on any atom is -0.375 e. The number of anilines is 1. The second-order valence-corrected chi connectivity index (χ2v) is 5.14. The highest BCUT2D eigenvalue weighted by Gasteiger charge is 2.11. The van der Waals surface area contributed by atoms with Crippen molar-refractivity contribution < 1.29 is 0 Å². The zero-order chi connectivity index (χ0) is 13.0. The fourth-order valence-corrected chi connectivity index (χ4v) is 1.51. The van der Waals surface area contributed by atoms with Crippen molar-refractivity contribution in [3.63, 3.8) is 0 Å². The largest absolute Gasteiger partial charge is 0.375 e. The molecular weight excluding hydrogens is 212 g/mol. The van der Waals surface area contributed by atoms with Gasteiger partial charge in [0.15, 0.2) is 0 Å². The molecule has 0 aliphatic heterocycles. The van der Waals surface area contributed by atoms with Gasteiger partial charge in [-0.15, -0.1) is 0 Å². The van der Waals surface area contributed by atoms with Crippen LogP contribution in [0, 0.1) is 0 Å². The Bertz CT molecular complexity index is 358. The van der Waals surface area contributed by atoms with E-state index < -0.39 is 0 Å². The summed E-state index contributed by atoms with van der Waals surface area (Å²) in [5.74, 6) is 1.28. The van der Waals surface area contributed by atoms with Crippen LogP contribution >= 0.6 is 0 Å². The molecule has 96 valence electrons. The lowest BCUT2D eigenvalue weighted by atomic mass is 10.2. The van der Waals surface area contributed by atoms with Gasteiger partial charge in [0, 0.05) is 32.6 Å². The normalized spacial score (nSPS) is 11.3. The van der Waals surface area contributed by atoms with Crippen molar-refractivity contribution in [2.24, 2.45) is 0 Å². The van der Waals surface area contributed by atoms with Crippen molar-refractivity contribution in [3.05, 3.63) is 17.7 Å². The first-order valence-electron chi connectivity index (χ1n) is 6.18. The molecule has 0 fully saturated rings. The predicted molar refractivity (Wildman–Crippen MR) is 72.4 cm³/mol. The summed E-state index contributed by atoms with van der Waals surface area (Å²) in [5, 5.41) is 3.41. The van der Waals surface area contributed by atoms with Gasteiger partial charge in [-0.05, 0) is 0 Å². The van der Waals surface area contributed by atoms with Gasteiger partial charge < -0.3 is 10.2 Å². The van der Waals surface area contributed by atoms with E-state index in [0.717, 1.165) is 23.8 Å². The van der Waals surface area contributed by atoms with E-state index in [0.29, 0.717) is 12.0 Å². The third-order valence-corrected chi connectivity index (χ3v) is 2.54. The Hall–Kier alpha value is -1.16. The minimum atomic E-state index is 0.365. The van der Waals surface area contributed by atoms with Gasteiger partial charge in [-0.25, -0.2) is 9.97 Å². The topological polar surface area (TPSA) is 41.1 Å². The second-order valence-electron chi connectivity index (χ2n) is 5.14. The number of nitrogens with one attached hydrogen (secondary N) is 1. The molecule has 17 heavy (non-hydrogen) atoms. The number of nitrogens with zero attached hydrogens (tertiary/aromatic N) is 3. The molecular formula is C13H24N4. The van der Waals surface area contributed by atoms with E-state index in [1.807, 2.05) is 20.3 Å². The van der Waals surface area contributed by atoms with Crippen molar-refractivity contribution in [1.29, 1.82) is 0 Å². The quantitative estimate of drug-likeness (QED) is 0.850. The van der Waals surface area contributed by atoms with Gasteiger partial charge >= 0.3 is 0 Å². The van der Waals surface area contributed by atoms with Crippen LogP contribution in [0.25, 0.3) is 0 Å². The van der Waals surface area contributed by atoms with Gasteiger partial charge in [0.2, 0.25) is 0 Å². The molecule has 0 aliphatic carbocycles. The van der Waals surface area contributed by atoms with Crippen LogP contribution in [0.1, 0.15) is 45.1 Å².